The minimum Gasteiger partial charge on any atom is -0.293 e. The molecule has 3 nitrogen and oxygen atoms in total. The van der Waals surface area contributed by atoms with E-state index in [1.54, 1.807) is 12.1 Å². The standard InChI is InChI=1S/C10H9BrO3S/c1-15(13,14)9-5-7-6(10(9)12)3-2-4-8(7)11/h2-4,9H,5H2,1H3. The number of rotatable bonds is 1. The molecule has 2 rings (SSSR count). The van der Waals surface area contributed by atoms with Gasteiger partial charge in [-0.25, -0.2) is 8.42 Å². The number of sulfone groups is 1. The highest BCUT2D eigenvalue weighted by atomic mass is 79.9. The molecule has 1 unspecified atom stereocenters. The Labute approximate surface area is 96.5 Å². The van der Waals surface area contributed by atoms with Crippen LogP contribution in [0.3, 0.4) is 0 Å². The summed E-state index contributed by atoms with van der Waals surface area (Å²) in [5.74, 6) is -0.284. The van der Waals surface area contributed by atoms with Crippen molar-refractivity contribution in [1.82, 2.24) is 0 Å². The van der Waals surface area contributed by atoms with Crippen LogP contribution in [-0.4, -0.2) is 25.7 Å². The van der Waals surface area contributed by atoms with Gasteiger partial charge in [-0.2, -0.15) is 0 Å². The molecule has 0 amide bonds. The normalized spacial score (nSPS) is 20.4. The Kier molecular flexibility index (Phi) is 2.47. The van der Waals surface area contributed by atoms with Gasteiger partial charge in [-0.15, -0.1) is 0 Å². The van der Waals surface area contributed by atoms with E-state index >= 15 is 0 Å². The number of hydrogen-bond acceptors (Lipinski definition) is 3. The first-order valence-corrected chi connectivity index (χ1v) is 7.16. The van der Waals surface area contributed by atoms with E-state index in [1.807, 2.05) is 6.07 Å². The van der Waals surface area contributed by atoms with Crippen molar-refractivity contribution in [2.75, 3.05) is 6.26 Å². The zero-order valence-electron chi connectivity index (χ0n) is 8.03. The third-order valence-electron chi connectivity index (χ3n) is 2.58. The Bertz CT molecular complexity index is 534. The second-order valence-corrected chi connectivity index (χ2v) is 6.73. The number of hydrogen-bond donors (Lipinski definition) is 0. The third kappa shape index (κ3) is 1.74. The minimum atomic E-state index is -3.31. The number of Topliss-reactive ketones (excluding diaryl/α,β-unsaturated/α-hetero) is 1. The maximum atomic E-state index is 11.8. The summed E-state index contributed by atoms with van der Waals surface area (Å²) in [6.07, 6.45) is 1.39. The fourth-order valence-electron chi connectivity index (χ4n) is 1.79. The lowest BCUT2D eigenvalue weighted by Gasteiger charge is -2.03. The lowest BCUT2D eigenvalue weighted by atomic mass is 10.1. The molecule has 0 bridgehead atoms. The molecule has 0 spiro atoms. The van der Waals surface area contributed by atoms with Gasteiger partial charge in [0.2, 0.25) is 0 Å². The van der Waals surface area contributed by atoms with Crippen LogP contribution in [0.15, 0.2) is 22.7 Å². The molecule has 0 saturated heterocycles. The number of ketones is 1. The Morgan fingerprint density at radius 3 is 2.60 bits per heavy atom. The maximum Gasteiger partial charge on any atom is 0.181 e. The number of carbonyl (C=O) groups excluding carboxylic acids is 1. The molecule has 1 aliphatic carbocycles. The average Bonchev–Trinajstić information content (AvgIpc) is 2.45. The molecule has 5 heteroatoms. The minimum absolute atomic E-state index is 0.284. The zero-order valence-corrected chi connectivity index (χ0v) is 10.4. The van der Waals surface area contributed by atoms with Crippen molar-refractivity contribution in [2.24, 2.45) is 0 Å². The molecular formula is C10H9BrO3S. The fraction of sp³-hybridized carbons (Fsp3) is 0.300. The van der Waals surface area contributed by atoms with Crippen molar-refractivity contribution in [3.63, 3.8) is 0 Å². The Hall–Kier alpha value is -0.680. The van der Waals surface area contributed by atoms with Crippen LogP contribution in [0.1, 0.15) is 15.9 Å². The van der Waals surface area contributed by atoms with E-state index in [9.17, 15) is 13.2 Å². The predicted molar refractivity (Wildman–Crippen MR) is 60.8 cm³/mol. The molecule has 0 radical (unpaired) electrons. The molecule has 15 heavy (non-hydrogen) atoms. The lowest BCUT2D eigenvalue weighted by molar-refractivity contribution is 0.0998. The summed E-state index contributed by atoms with van der Waals surface area (Å²) >= 11 is 3.32. The van der Waals surface area contributed by atoms with E-state index in [-0.39, 0.29) is 12.2 Å². The van der Waals surface area contributed by atoms with Gasteiger partial charge in [0.15, 0.2) is 15.6 Å². The van der Waals surface area contributed by atoms with Gasteiger partial charge in [0.25, 0.3) is 0 Å². The summed E-state index contributed by atoms with van der Waals surface area (Å²) in [5, 5.41) is -0.897. The van der Waals surface area contributed by atoms with Crippen molar-refractivity contribution in [1.29, 1.82) is 0 Å². The average molecular weight is 289 g/mol. The first-order valence-electron chi connectivity index (χ1n) is 4.41. The van der Waals surface area contributed by atoms with Gasteiger partial charge in [0, 0.05) is 16.3 Å². The van der Waals surface area contributed by atoms with E-state index in [1.165, 1.54) is 0 Å². The zero-order chi connectivity index (χ0) is 11.2. The highest BCUT2D eigenvalue weighted by Crippen LogP contribution is 2.31. The van der Waals surface area contributed by atoms with Crippen molar-refractivity contribution in [3.8, 4) is 0 Å². The topological polar surface area (TPSA) is 51.2 Å². The number of benzene rings is 1. The van der Waals surface area contributed by atoms with Crippen LogP contribution >= 0.6 is 15.9 Å². The van der Waals surface area contributed by atoms with Crippen molar-refractivity contribution in [2.45, 2.75) is 11.7 Å². The highest BCUT2D eigenvalue weighted by molar-refractivity contribution is 9.10. The molecule has 0 aromatic heterocycles. The fourth-order valence-corrected chi connectivity index (χ4v) is 3.31. The van der Waals surface area contributed by atoms with Gasteiger partial charge in [0.05, 0.1) is 0 Å². The number of halogens is 1. The molecule has 0 fully saturated rings. The quantitative estimate of drug-likeness (QED) is 0.789. The maximum absolute atomic E-state index is 11.8. The van der Waals surface area contributed by atoms with Crippen molar-refractivity contribution >= 4 is 31.6 Å². The first-order chi connectivity index (χ1) is 6.91. The molecule has 0 aliphatic heterocycles. The Morgan fingerprint density at radius 2 is 2.07 bits per heavy atom. The molecule has 1 aromatic carbocycles. The van der Waals surface area contributed by atoms with Crippen LogP contribution in [-0.2, 0) is 16.3 Å². The van der Waals surface area contributed by atoms with Crippen LogP contribution in [0.4, 0.5) is 0 Å². The van der Waals surface area contributed by atoms with Crippen LogP contribution < -0.4 is 0 Å². The van der Waals surface area contributed by atoms with Crippen molar-refractivity contribution < 1.29 is 13.2 Å². The molecule has 1 aliphatic rings. The van der Waals surface area contributed by atoms with E-state index in [0.29, 0.717) is 5.56 Å². The monoisotopic (exact) mass is 288 g/mol. The summed E-state index contributed by atoms with van der Waals surface area (Å²) in [4.78, 5) is 11.8. The summed E-state index contributed by atoms with van der Waals surface area (Å²) in [5.41, 5.74) is 1.33. The Balaban J connectivity index is 2.56. The highest BCUT2D eigenvalue weighted by Gasteiger charge is 2.38. The predicted octanol–water partition coefficient (Wildman–Crippen LogP) is 1.60. The summed E-state index contributed by atoms with van der Waals surface area (Å²) in [6, 6.07) is 5.23. The van der Waals surface area contributed by atoms with E-state index < -0.39 is 15.1 Å². The smallest absolute Gasteiger partial charge is 0.181 e. The number of fused-ring (bicyclic) bond motifs is 1. The van der Waals surface area contributed by atoms with Crippen LogP contribution in [0.25, 0.3) is 0 Å². The van der Waals surface area contributed by atoms with E-state index in [2.05, 4.69) is 15.9 Å². The van der Waals surface area contributed by atoms with Gasteiger partial charge in [-0.1, -0.05) is 28.1 Å². The van der Waals surface area contributed by atoms with Crippen molar-refractivity contribution in [3.05, 3.63) is 33.8 Å². The molecular weight excluding hydrogens is 280 g/mol. The molecule has 80 valence electrons. The third-order valence-corrected chi connectivity index (χ3v) is 4.74. The summed E-state index contributed by atoms with van der Waals surface area (Å²) < 4.78 is 23.6. The van der Waals surface area contributed by atoms with Gasteiger partial charge >= 0.3 is 0 Å². The second-order valence-electron chi connectivity index (χ2n) is 3.65. The van der Waals surface area contributed by atoms with Gasteiger partial charge < -0.3 is 0 Å². The van der Waals surface area contributed by atoms with Crippen LogP contribution in [0.5, 0.6) is 0 Å². The van der Waals surface area contributed by atoms with Gasteiger partial charge in [-0.3, -0.25) is 4.79 Å². The second kappa shape index (κ2) is 3.42. The molecule has 1 aromatic rings. The SMILES string of the molecule is CS(=O)(=O)C1Cc2c(Br)cccc2C1=O. The van der Waals surface area contributed by atoms with Crippen LogP contribution in [0.2, 0.25) is 0 Å². The lowest BCUT2D eigenvalue weighted by Crippen LogP contribution is -2.26. The summed E-state index contributed by atoms with van der Waals surface area (Å²) in [7, 11) is -3.31. The van der Waals surface area contributed by atoms with Gasteiger partial charge in [0.1, 0.15) is 5.25 Å². The largest absolute Gasteiger partial charge is 0.293 e. The molecule has 0 N–H and O–H groups in total. The van der Waals surface area contributed by atoms with E-state index in [0.717, 1.165) is 16.3 Å². The van der Waals surface area contributed by atoms with Crippen LogP contribution in [0, 0.1) is 0 Å². The molecule has 0 saturated carbocycles. The Morgan fingerprint density at radius 1 is 1.40 bits per heavy atom. The van der Waals surface area contributed by atoms with E-state index in [4.69, 9.17) is 0 Å². The number of carbonyl (C=O) groups is 1. The molecule has 1 atom stereocenters. The summed E-state index contributed by atoms with van der Waals surface area (Å²) in [6.45, 7) is 0. The van der Waals surface area contributed by atoms with Gasteiger partial charge in [-0.05, 0) is 18.1 Å². The first kappa shape index (κ1) is 10.8. The molecule has 0 heterocycles.